The summed E-state index contributed by atoms with van der Waals surface area (Å²) >= 11 is 5.92. The molecule has 0 atom stereocenters. The molecule has 2 rings (SSSR count). The highest BCUT2D eigenvalue weighted by Crippen LogP contribution is 2.15. The van der Waals surface area contributed by atoms with Gasteiger partial charge in [-0.2, -0.15) is 10.2 Å². The summed E-state index contributed by atoms with van der Waals surface area (Å²) in [5.41, 5.74) is 0.826. The Morgan fingerprint density at radius 1 is 1.57 bits per heavy atom. The molecule has 0 aromatic carbocycles. The smallest absolute Gasteiger partial charge is 0.309 e. The van der Waals surface area contributed by atoms with Gasteiger partial charge in [0, 0.05) is 7.05 Å². The number of halogens is 1. The van der Waals surface area contributed by atoms with E-state index in [2.05, 4.69) is 15.5 Å². The van der Waals surface area contributed by atoms with Crippen LogP contribution in [0.25, 0.3) is 0 Å². The third-order valence-corrected chi connectivity index (χ3v) is 3.20. The van der Waals surface area contributed by atoms with E-state index in [9.17, 15) is 14.9 Å². The first-order valence-corrected chi connectivity index (χ1v) is 6.37. The molecule has 0 saturated heterocycles. The van der Waals surface area contributed by atoms with Crippen LogP contribution in [0, 0.1) is 17.0 Å². The normalized spacial score (nSPS) is 10.6. The standard InChI is InChI=1S/C11H13ClN6O3/c1-7-10(18(20)21)5-17(15-7)6-11(19)13-4-9-8(12)3-14-16(9)2/h3,5H,4,6H2,1-2H3,(H,13,19). The maximum Gasteiger partial charge on any atom is 0.309 e. The van der Waals surface area contributed by atoms with Gasteiger partial charge in [-0.15, -0.1) is 0 Å². The lowest BCUT2D eigenvalue weighted by molar-refractivity contribution is -0.385. The fourth-order valence-corrected chi connectivity index (χ4v) is 2.02. The van der Waals surface area contributed by atoms with E-state index in [1.165, 1.54) is 24.0 Å². The van der Waals surface area contributed by atoms with Crippen LogP contribution in [0.5, 0.6) is 0 Å². The highest BCUT2D eigenvalue weighted by atomic mass is 35.5. The molecule has 0 spiro atoms. The minimum atomic E-state index is -0.536. The van der Waals surface area contributed by atoms with Crippen LogP contribution in [0.2, 0.25) is 5.02 Å². The monoisotopic (exact) mass is 312 g/mol. The summed E-state index contributed by atoms with van der Waals surface area (Å²) in [6.07, 6.45) is 2.72. The number of nitrogens with zero attached hydrogens (tertiary/aromatic N) is 5. The van der Waals surface area contributed by atoms with Crippen molar-refractivity contribution in [2.24, 2.45) is 7.05 Å². The Morgan fingerprint density at radius 3 is 2.81 bits per heavy atom. The fourth-order valence-electron chi connectivity index (χ4n) is 1.79. The SMILES string of the molecule is Cc1nn(CC(=O)NCc2c(Cl)cnn2C)cc1[N+](=O)[O-]. The van der Waals surface area contributed by atoms with Crippen LogP contribution in [-0.4, -0.2) is 30.4 Å². The maximum absolute atomic E-state index is 11.8. The van der Waals surface area contributed by atoms with Crippen LogP contribution in [0.15, 0.2) is 12.4 Å². The molecule has 0 saturated carbocycles. The molecule has 1 amide bonds. The van der Waals surface area contributed by atoms with Gasteiger partial charge in [0.1, 0.15) is 18.4 Å². The molecule has 0 aliphatic rings. The van der Waals surface area contributed by atoms with Gasteiger partial charge in [-0.25, -0.2) is 0 Å². The van der Waals surface area contributed by atoms with Crippen LogP contribution in [0.3, 0.4) is 0 Å². The Bertz CT molecular complexity index is 673. The topological polar surface area (TPSA) is 108 Å². The molecule has 0 radical (unpaired) electrons. The molecule has 21 heavy (non-hydrogen) atoms. The number of nitrogens with one attached hydrogen (secondary N) is 1. The molecular weight excluding hydrogens is 300 g/mol. The summed E-state index contributed by atoms with van der Waals surface area (Å²) < 4.78 is 2.79. The van der Waals surface area contributed by atoms with Crippen molar-refractivity contribution in [1.29, 1.82) is 0 Å². The second-order valence-corrected chi connectivity index (χ2v) is 4.80. The minimum absolute atomic E-state index is 0.107. The van der Waals surface area contributed by atoms with E-state index >= 15 is 0 Å². The molecule has 0 aliphatic heterocycles. The van der Waals surface area contributed by atoms with Crippen LogP contribution in [-0.2, 0) is 24.9 Å². The lowest BCUT2D eigenvalue weighted by Gasteiger charge is -2.06. The third-order valence-electron chi connectivity index (χ3n) is 2.89. The minimum Gasteiger partial charge on any atom is -0.349 e. The van der Waals surface area contributed by atoms with E-state index in [1.807, 2.05) is 0 Å². The number of aryl methyl sites for hydroxylation is 2. The van der Waals surface area contributed by atoms with Gasteiger partial charge in [-0.1, -0.05) is 11.6 Å². The Hall–Kier alpha value is -2.42. The van der Waals surface area contributed by atoms with Crippen molar-refractivity contribution < 1.29 is 9.72 Å². The van der Waals surface area contributed by atoms with Crippen LogP contribution in [0.1, 0.15) is 11.4 Å². The molecule has 112 valence electrons. The van der Waals surface area contributed by atoms with Gasteiger partial charge in [0.05, 0.1) is 28.4 Å². The van der Waals surface area contributed by atoms with Gasteiger partial charge in [-0.3, -0.25) is 24.3 Å². The van der Waals surface area contributed by atoms with E-state index in [1.54, 1.807) is 11.7 Å². The summed E-state index contributed by atoms with van der Waals surface area (Å²) in [4.78, 5) is 22.0. The lowest BCUT2D eigenvalue weighted by Crippen LogP contribution is -2.28. The Morgan fingerprint density at radius 2 is 2.29 bits per heavy atom. The molecule has 9 nitrogen and oxygen atoms in total. The van der Waals surface area contributed by atoms with Crippen molar-refractivity contribution >= 4 is 23.2 Å². The molecule has 0 bridgehead atoms. The van der Waals surface area contributed by atoms with Crippen molar-refractivity contribution in [3.05, 3.63) is 38.9 Å². The summed E-state index contributed by atoms with van der Waals surface area (Å²) in [6, 6.07) is 0. The predicted octanol–water partition coefficient (Wildman–Crippen LogP) is 0.803. The lowest BCUT2D eigenvalue weighted by atomic mass is 10.4. The van der Waals surface area contributed by atoms with Gasteiger partial charge in [0.2, 0.25) is 5.91 Å². The Kier molecular flexibility index (Phi) is 4.22. The highest BCUT2D eigenvalue weighted by Gasteiger charge is 2.16. The van der Waals surface area contributed by atoms with E-state index in [0.717, 1.165) is 0 Å². The maximum atomic E-state index is 11.8. The summed E-state index contributed by atoms with van der Waals surface area (Å²) in [5, 5.41) is 21.7. The van der Waals surface area contributed by atoms with Gasteiger partial charge >= 0.3 is 5.69 Å². The molecule has 2 aromatic heterocycles. The molecule has 2 aromatic rings. The third kappa shape index (κ3) is 3.37. The van der Waals surface area contributed by atoms with Crippen LogP contribution >= 0.6 is 11.6 Å². The first-order chi connectivity index (χ1) is 9.88. The largest absolute Gasteiger partial charge is 0.349 e. The summed E-state index contributed by atoms with van der Waals surface area (Å²) in [5.74, 6) is -0.329. The first kappa shape index (κ1) is 15.0. The average molecular weight is 313 g/mol. The fraction of sp³-hybridized carbons (Fsp3) is 0.364. The number of rotatable bonds is 5. The van der Waals surface area contributed by atoms with Crippen molar-refractivity contribution in [2.45, 2.75) is 20.0 Å². The van der Waals surface area contributed by atoms with Gasteiger partial charge in [0.15, 0.2) is 0 Å². The van der Waals surface area contributed by atoms with Gasteiger partial charge in [-0.05, 0) is 6.92 Å². The number of aromatic nitrogens is 4. The first-order valence-electron chi connectivity index (χ1n) is 6.00. The molecule has 0 unspecified atom stereocenters. The number of carbonyl (C=O) groups is 1. The van der Waals surface area contributed by atoms with E-state index < -0.39 is 4.92 Å². The van der Waals surface area contributed by atoms with Crippen molar-refractivity contribution in [2.75, 3.05) is 0 Å². The molecule has 0 aliphatic carbocycles. The van der Waals surface area contributed by atoms with Crippen molar-refractivity contribution in [1.82, 2.24) is 24.9 Å². The van der Waals surface area contributed by atoms with Crippen molar-refractivity contribution in [3.8, 4) is 0 Å². The Balaban J connectivity index is 1.96. The molecule has 0 fully saturated rings. The summed E-state index contributed by atoms with van der Waals surface area (Å²) in [6.45, 7) is 1.63. The van der Waals surface area contributed by atoms with Crippen LogP contribution < -0.4 is 5.32 Å². The predicted molar refractivity (Wildman–Crippen MR) is 73.7 cm³/mol. The zero-order valence-corrected chi connectivity index (χ0v) is 12.2. The summed E-state index contributed by atoms with van der Waals surface area (Å²) in [7, 11) is 1.72. The molecule has 2 heterocycles. The molecular formula is C11H13ClN6O3. The van der Waals surface area contributed by atoms with Crippen molar-refractivity contribution in [3.63, 3.8) is 0 Å². The van der Waals surface area contributed by atoms with Crippen LogP contribution in [0.4, 0.5) is 5.69 Å². The quantitative estimate of drug-likeness (QED) is 0.649. The number of amides is 1. The van der Waals surface area contributed by atoms with E-state index in [-0.39, 0.29) is 30.4 Å². The van der Waals surface area contributed by atoms with E-state index in [0.29, 0.717) is 10.7 Å². The van der Waals surface area contributed by atoms with Gasteiger partial charge < -0.3 is 5.32 Å². The second kappa shape index (κ2) is 5.92. The number of hydrogen-bond donors (Lipinski definition) is 1. The number of carbonyl (C=O) groups excluding carboxylic acids is 1. The second-order valence-electron chi connectivity index (χ2n) is 4.39. The Labute approximate surface area is 124 Å². The molecule has 10 heteroatoms. The van der Waals surface area contributed by atoms with E-state index in [4.69, 9.17) is 11.6 Å². The zero-order valence-electron chi connectivity index (χ0n) is 11.4. The molecule has 1 N–H and O–H groups in total. The van der Waals surface area contributed by atoms with Gasteiger partial charge in [0.25, 0.3) is 0 Å². The highest BCUT2D eigenvalue weighted by molar-refractivity contribution is 6.31. The number of hydrogen-bond acceptors (Lipinski definition) is 5. The zero-order chi connectivity index (χ0) is 15.6. The number of nitro groups is 1. The average Bonchev–Trinajstić information content (AvgIpc) is 2.91.